The molecule has 1 aliphatic rings. The summed E-state index contributed by atoms with van der Waals surface area (Å²) in [6.07, 6.45) is 6.38. The van der Waals surface area contributed by atoms with Crippen LogP contribution in [0.5, 0.6) is 0 Å². The second kappa shape index (κ2) is 18.4. The van der Waals surface area contributed by atoms with Crippen molar-refractivity contribution in [2.24, 2.45) is 0 Å². The van der Waals surface area contributed by atoms with Gasteiger partial charge >= 0.3 is 55.7 Å². The molecule has 0 amide bonds. The molecule has 6 nitrogen and oxygen atoms in total. The van der Waals surface area contributed by atoms with Crippen molar-refractivity contribution in [1.29, 1.82) is 0 Å². The summed E-state index contributed by atoms with van der Waals surface area (Å²) in [5.74, 6) is 0. The Labute approximate surface area is 234 Å². The number of hydrogen-bond acceptors (Lipinski definition) is 6. The van der Waals surface area contributed by atoms with E-state index in [9.17, 15) is 0 Å². The van der Waals surface area contributed by atoms with Gasteiger partial charge in [-0.1, -0.05) is 122 Å². The molecule has 0 aliphatic carbocycles. The first-order valence-corrected chi connectivity index (χ1v) is 24.6. The summed E-state index contributed by atoms with van der Waals surface area (Å²) in [5.41, 5.74) is 2.55. The van der Waals surface area contributed by atoms with E-state index in [4.69, 9.17) is 24.7 Å². The molecule has 0 bridgehead atoms. The average Bonchev–Trinajstić information content (AvgIpc) is 2.90. The van der Waals surface area contributed by atoms with Crippen LogP contribution in [0.25, 0.3) is 0 Å². The molecule has 0 aromatic rings. The maximum Gasteiger partial charge on any atom is 0.306 e. The molecule has 1 fully saturated rings. The molecule has 0 aromatic carbocycles. The van der Waals surface area contributed by atoms with Crippen molar-refractivity contribution < 1.29 is 24.7 Å². The highest BCUT2D eigenvalue weighted by Crippen LogP contribution is 2.32. The third-order valence-corrected chi connectivity index (χ3v) is 29.5. The van der Waals surface area contributed by atoms with E-state index in [0.717, 1.165) is 38.5 Å². The molecule has 1 saturated heterocycles. The standard InChI is InChI=1S/C24H60O6Si6/c1-13-19(7)31-25-32(20(8)14-2)27-34(22(10)16-4)29-36(24(12)18-6)30-35(23(11)17-5)28-33(26-31)21(9)15-3/h19-24,31-36H,13-18H2,1-12H3. The van der Waals surface area contributed by atoms with Crippen molar-refractivity contribution in [3.63, 3.8) is 0 Å². The lowest BCUT2D eigenvalue weighted by atomic mass is 10.4. The fourth-order valence-corrected chi connectivity index (χ4v) is 30.3. The van der Waals surface area contributed by atoms with Gasteiger partial charge in [-0.3, -0.25) is 0 Å². The summed E-state index contributed by atoms with van der Waals surface area (Å²) < 4.78 is 42.3. The third-order valence-electron chi connectivity index (χ3n) is 8.26. The van der Waals surface area contributed by atoms with Crippen molar-refractivity contribution in [1.82, 2.24) is 0 Å². The minimum absolute atomic E-state index is 0.426. The van der Waals surface area contributed by atoms with Gasteiger partial charge in [0.1, 0.15) is 0 Å². The maximum atomic E-state index is 7.06. The summed E-state index contributed by atoms with van der Waals surface area (Å²) in [6, 6.07) is 0. The molecule has 12 heteroatoms. The fourth-order valence-electron chi connectivity index (χ4n) is 3.75. The first kappa shape index (κ1) is 35.1. The molecule has 6 atom stereocenters. The molecule has 1 heterocycles. The molecule has 6 unspecified atom stereocenters. The Hall–Kier alpha value is 1.06. The Morgan fingerprint density at radius 2 is 0.417 bits per heavy atom. The molecular weight excluding hydrogens is 553 g/mol. The molecule has 1 rings (SSSR count). The predicted octanol–water partition coefficient (Wildman–Crippen LogP) is 6.22. The van der Waals surface area contributed by atoms with Crippen molar-refractivity contribution >= 4 is 55.7 Å². The zero-order valence-electron chi connectivity index (χ0n) is 25.6. The summed E-state index contributed by atoms with van der Waals surface area (Å²) in [7, 11) is -12.0. The summed E-state index contributed by atoms with van der Waals surface area (Å²) >= 11 is 0. The molecule has 0 spiro atoms. The number of rotatable bonds is 12. The Morgan fingerprint density at radius 3 is 0.500 bits per heavy atom. The highest BCUT2D eigenvalue weighted by atomic mass is 28.5. The van der Waals surface area contributed by atoms with Gasteiger partial charge < -0.3 is 24.7 Å². The van der Waals surface area contributed by atoms with Crippen molar-refractivity contribution in [2.75, 3.05) is 0 Å². The van der Waals surface area contributed by atoms with Gasteiger partial charge in [0.05, 0.1) is 0 Å². The van der Waals surface area contributed by atoms with Crippen LogP contribution < -0.4 is 0 Å². The third kappa shape index (κ3) is 10.9. The van der Waals surface area contributed by atoms with Crippen LogP contribution in [-0.2, 0) is 24.7 Å². The average molecular weight is 613 g/mol. The van der Waals surface area contributed by atoms with E-state index in [-0.39, 0.29) is 0 Å². The predicted molar refractivity (Wildman–Crippen MR) is 168 cm³/mol. The summed E-state index contributed by atoms with van der Waals surface area (Å²) in [6.45, 7) is 27.3. The van der Waals surface area contributed by atoms with Crippen molar-refractivity contribution in [3.05, 3.63) is 0 Å². The van der Waals surface area contributed by atoms with Crippen LogP contribution in [-0.4, -0.2) is 55.7 Å². The number of hydrogen-bond donors (Lipinski definition) is 0. The van der Waals surface area contributed by atoms with Gasteiger partial charge in [-0.15, -0.1) is 0 Å². The molecule has 36 heavy (non-hydrogen) atoms. The normalized spacial score (nSPS) is 34.0. The Morgan fingerprint density at radius 1 is 0.306 bits per heavy atom. The molecule has 0 N–H and O–H groups in total. The first-order chi connectivity index (χ1) is 17.1. The van der Waals surface area contributed by atoms with E-state index in [2.05, 4.69) is 83.1 Å². The van der Waals surface area contributed by atoms with Gasteiger partial charge in [0.25, 0.3) is 0 Å². The molecule has 0 saturated carbocycles. The molecule has 0 radical (unpaired) electrons. The second-order valence-electron chi connectivity index (χ2n) is 11.3. The monoisotopic (exact) mass is 612 g/mol. The van der Waals surface area contributed by atoms with E-state index in [1.165, 1.54) is 0 Å². The van der Waals surface area contributed by atoms with E-state index in [0.29, 0.717) is 33.2 Å². The zero-order chi connectivity index (χ0) is 27.4. The van der Waals surface area contributed by atoms with Gasteiger partial charge in [-0.05, 0) is 33.2 Å². The molecular formula is C24H60O6Si6. The van der Waals surface area contributed by atoms with Crippen LogP contribution >= 0.6 is 0 Å². The van der Waals surface area contributed by atoms with E-state index < -0.39 is 55.7 Å². The minimum Gasteiger partial charge on any atom is -0.420 e. The van der Waals surface area contributed by atoms with Gasteiger partial charge in [-0.25, -0.2) is 0 Å². The highest BCUT2D eigenvalue weighted by Gasteiger charge is 2.42. The van der Waals surface area contributed by atoms with E-state index in [1.54, 1.807) is 0 Å². The zero-order valence-corrected chi connectivity index (χ0v) is 32.5. The van der Waals surface area contributed by atoms with E-state index in [1.807, 2.05) is 0 Å². The van der Waals surface area contributed by atoms with Gasteiger partial charge in [0.2, 0.25) is 0 Å². The van der Waals surface area contributed by atoms with Crippen LogP contribution in [0.3, 0.4) is 0 Å². The molecule has 1 aliphatic heterocycles. The van der Waals surface area contributed by atoms with Gasteiger partial charge in [0, 0.05) is 0 Å². The van der Waals surface area contributed by atoms with Crippen molar-refractivity contribution in [3.8, 4) is 0 Å². The van der Waals surface area contributed by atoms with Crippen LogP contribution in [0, 0.1) is 0 Å². The Balaban J connectivity index is 3.57. The molecule has 216 valence electrons. The maximum absolute atomic E-state index is 7.06. The van der Waals surface area contributed by atoms with E-state index >= 15 is 0 Å². The van der Waals surface area contributed by atoms with Gasteiger partial charge in [-0.2, -0.15) is 0 Å². The minimum atomic E-state index is -1.99. The highest BCUT2D eigenvalue weighted by molar-refractivity contribution is 6.75. The van der Waals surface area contributed by atoms with Crippen LogP contribution in [0.1, 0.15) is 122 Å². The largest absolute Gasteiger partial charge is 0.420 e. The lowest BCUT2D eigenvalue weighted by molar-refractivity contribution is 0.256. The van der Waals surface area contributed by atoms with Gasteiger partial charge in [0.15, 0.2) is 0 Å². The van der Waals surface area contributed by atoms with Crippen LogP contribution in [0.4, 0.5) is 0 Å². The molecule has 0 aromatic heterocycles. The second-order valence-corrected chi connectivity index (χ2v) is 29.1. The Bertz CT molecular complexity index is 445. The lowest BCUT2D eigenvalue weighted by Gasteiger charge is -2.40. The van der Waals surface area contributed by atoms with Crippen LogP contribution in [0.2, 0.25) is 33.2 Å². The summed E-state index contributed by atoms with van der Waals surface area (Å²) in [4.78, 5) is 0. The topological polar surface area (TPSA) is 55.4 Å². The van der Waals surface area contributed by atoms with Crippen molar-refractivity contribution in [2.45, 2.75) is 155 Å². The SMILES string of the molecule is CCC(C)[SiH]1O[SiH](C(C)CC)O[SiH](C(C)CC)O[SiH](C(C)CC)O[SiH](C(C)CC)O[SiH](C(C)CC)O1. The smallest absolute Gasteiger partial charge is 0.306 e. The van der Waals surface area contributed by atoms with Crippen LogP contribution in [0.15, 0.2) is 0 Å². The first-order valence-electron chi connectivity index (χ1n) is 15.0. The quantitative estimate of drug-likeness (QED) is 0.244. The summed E-state index contributed by atoms with van der Waals surface area (Å²) in [5, 5.41) is 0. The lowest BCUT2D eigenvalue weighted by Crippen LogP contribution is -2.52. The Kier molecular flexibility index (Phi) is 18.0. The fraction of sp³-hybridized carbons (Fsp3) is 1.00.